The minimum absolute atomic E-state index is 0.0324. The molecule has 0 aliphatic carbocycles. The molecule has 0 heterocycles. The molecule has 0 bridgehead atoms. The number of nitrogens with one attached hydrogen (secondary N) is 2. The third kappa shape index (κ3) is 6.39. The van der Waals surface area contributed by atoms with E-state index in [9.17, 15) is 17.6 Å². The van der Waals surface area contributed by atoms with Gasteiger partial charge >= 0.3 is 0 Å². The van der Waals surface area contributed by atoms with Crippen LogP contribution < -0.4 is 10.0 Å². The number of carbonyl (C=O) groups excluding carboxylic acids is 1. The van der Waals surface area contributed by atoms with E-state index in [4.69, 9.17) is 11.6 Å². The van der Waals surface area contributed by atoms with Crippen LogP contribution >= 0.6 is 27.5 Å². The van der Waals surface area contributed by atoms with E-state index >= 15 is 0 Å². The Morgan fingerprint density at radius 1 is 1.20 bits per heavy atom. The van der Waals surface area contributed by atoms with E-state index in [1.54, 1.807) is 12.1 Å². The van der Waals surface area contributed by atoms with Crippen LogP contribution in [0.1, 0.15) is 12.0 Å². The van der Waals surface area contributed by atoms with Crippen molar-refractivity contribution in [3.63, 3.8) is 0 Å². The lowest BCUT2D eigenvalue weighted by atomic mass is 10.2. The van der Waals surface area contributed by atoms with Crippen molar-refractivity contribution < 1.29 is 17.6 Å². The van der Waals surface area contributed by atoms with Gasteiger partial charge in [-0.05, 0) is 42.0 Å². The van der Waals surface area contributed by atoms with E-state index in [1.165, 1.54) is 30.3 Å². The van der Waals surface area contributed by atoms with E-state index in [0.29, 0.717) is 15.1 Å². The molecule has 0 spiro atoms. The monoisotopic (exact) mass is 448 g/mol. The molecule has 1 amide bonds. The SMILES string of the molecule is O=C(CCNS(=O)(=O)c1cccc(Cl)c1)NCc1cc(F)cc(Br)c1. The van der Waals surface area contributed by atoms with Gasteiger partial charge in [0.2, 0.25) is 15.9 Å². The normalized spacial score (nSPS) is 11.3. The Hall–Kier alpha value is -1.48. The highest BCUT2D eigenvalue weighted by Crippen LogP contribution is 2.16. The average molecular weight is 450 g/mol. The molecule has 0 fully saturated rings. The lowest BCUT2D eigenvalue weighted by Gasteiger charge is -2.08. The molecule has 25 heavy (non-hydrogen) atoms. The van der Waals surface area contributed by atoms with E-state index in [2.05, 4.69) is 26.0 Å². The Bertz CT molecular complexity index is 857. The Morgan fingerprint density at radius 2 is 1.96 bits per heavy atom. The first-order valence-corrected chi connectivity index (χ1v) is 9.88. The van der Waals surface area contributed by atoms with E-state index in [1.807, 2.05) is 0 Å². The molecule has 9 heteroatoms. The zero-order valence-electron chi connectivity index (χ0n) is 12.9. The van der Waals surface area contributed by atoms with Crippen LogP contribution in [0.5, 0.6) is 0 Å². The Morgan fingerprint density at radius 3 is 2.64 bits per heavy atom. The first-order chi connectivity index (χ1) is 11.8. The fourth-order valence-electron chi connectivity index (χ4n) is 2.02. The van der Waals surface area contributed by atoms with E-state index < -0.39 is 15.8 Å². The summed E-state index contributed by atoms with van der Waals surface area (Å²) in [7, 11) is -3.73. The van der Waals surface area contributed by atoms with Gasteiger partial charge in [-0.3, -0.25) is 4.79 Å². The van der Waals surface area contributed by atoms with Gasteiger partial charge < -0.3 is 5.32 Å². The van der Waals surface area contributed by atoms with Gasteiger partial charge in [0.1, 0.15) is 5.82 Å². The quantitative estimate of drug-likeness (QED) is 0.681. The molecule has 0 unspecified atom stereocenters. The lowest BCUT2D eigenvalue weighted by Crippen LogP contribution is -2.30. The summed E-state index contributed by atoms with van der Waals surface area (Å²) in [6, 6.07) is 10.1. The summed E-state index contributed by atoms with van der Waals surface area (Å²) in [6.45, 7) is 0.0871. The highest BCUT2D eigenvalue weighted by Gasteiger charge is 2.14. The van der Waals surface area contributed by atoms with Gasteiger partial charge in [-0.1, -0.05) is 33.6 Å². The van der Waals surface area contributed by atoms with Gasteiger partial charge in [0, 0.05) is 29.0 Å². The van der Waals surface area contributed by atoms with Gasteiger partial charge in [-0.15, -0.1) is 0 Å². The van der Waals surface area contributed by atoms with Gasteiger partial charge in [0.25, 0.3) is 0 Å². The second kappa shape index (κ2) is 8.75. The molecule has 134 valence electrons. The topological polar surface area (TPSA) is 75.3 Å². The third-order valence-electron chi connectivity index (χ3n) is 3.16. The van der Waals surface area contributed by atoms with Crippen molar-refractivity contribution in [1.29, 1.82) is 0 Å². The van der Waals surface area contributed by atoms with Crippen molar-refractivity contribution >= 4 is 43.5 Å². The predicted octanol–water partition coefficient (Wildman–Crippen LogP) is 3.23. The number of carbonyl (C=O) groups is 1. The Balaban J connectivity index is 1.82. The minimum atomic E-state index is -3.73. The second-order valence-electron chi connectivity index (χ2n) is 5.16. The number of rotatable bonds is 7. The molecule has 0 atom stereocenters. The van der Waals surface area contributed by atoms with Crippen molar-refractivity contribution in [1.82, 2.24) is 10.0 Å². The first kappa shape index (κ1) is 19.8. The first-order valence-electron chi connectivity index (χ1n) is 7.23. The summed E-state index contributed by atoms with van der Waals surface area (Å²) in [5.74, 6) is -0.762. The smallest absolute Gasteiger partial charge is 0.240 e. The maximum absolute atomic E-state index is 13.2. The number of halogens is 3. The van der Waals surface area contributed by atoms with Crippen LogP contribution in [-0.4, -0.2) is 20.9 Å². The molecule has 0 saturated carbocycles. The second-order valence-corrected chi connectivity index (χ2v) is 8.28. The molecule has 0 aromatic heterocycles. The third-order valence-corrected chi connectivity index (χ3v) is 5.31. The fraction of sp³-hybridized carbons (Fsp3) is 0.188. The number of hydrogen-bond donors (Lipinski definition) is 2. The van der Waals surface area contributed by atoms with Crippen molar-refractivity contribution in [3.05, 3.63) is 63.3 Å². The molecule has 0 saturated heterocycles. The predicted molar refractivity (Wildman–Crippen MR) is 97.2 cm³/mol. The molecule has 2 rings (SSSR count). The zero-order chi connectivity index (χ0) is 18.4. The Kier molecular flexibility index (Phi) is 6.95. The number of sulfonamides is 1. The fourth-order valence-corrected chi connectivity index (χ4v) is 3.86. The summed E-state index contributed by atoms with van der Waals surface area (Å²) in [6.07, 6.45) is -0.0454. The molecule has 2 aromatic rings. The summed E-state index contributed by atoms with van der Waals surface area (Å²) < 4.78 is 40.3. The van der Waals surface area contributed by atoms with Gasteiger partial charge in [0.15, 0.2) is 0 Å². The van der Waals surface area contributed by atoms with Crippen LogP contribution in [0.4, 0.5) is 4.39 Å². The van der Waals surface area contributed by atoms with E-state index in [0.717, 1.165) is 0 Å². The molecular weight excluding hydrogens is 435 g/mol. The van der Waals surface area contributed by atoms with Crippen LogP contribution in [0.25, 0.3) is 0 Å². The van der Waals surface area contributed by atoms with Crippen LogP contribution in [0.3, 0.4) is 0 Å². The highest BCUT2D eigenvalue weighted by molar-refractivity contribution is 9.10. The summed E-state index contributed by atoms with van der Waals surface area (Å²) in [5.41, 5.74) is 0.597. The standard InChI is InChI=1S/C16H15BrClFN2O3S/c17-12-6-11(7-14(19)8-12)10-20-16(22)4-5-21-25(23,24)15-3-1-2-13(18)9-15/h1-3,6-9,21H,4-5,10H2,(H,20,22). The summed E-state index contributed by atoms with van der Waals surface area (Å²) >= 11 is 8.94. The van der Waals surface area contributed by atoms with E-state index in [-0.39, 0.29) is 30.3 Å². The van der Waals surface area contributed by atoms with Gasteiger partial charge in [-0.2, -0.15) is 0 Å². The molecule has 0 aliphatic rings. The maximum Gasteiger partial charge on any atom is 0.240 e. The van der Waals surface area contributed by atoms with Crippen molar-refractivity contribution in [2.24, 2.45) is 0 Å². The number of benzene rings is 2. The largest absolute Gasteiger partial charge is 0.352 e. The zero-order valence-corrected chi connectivity index (χ0v) is 16.1. The van der Waals surface area contributed by atoms with Crippen molar-refractivity contribution in [2.75, 3.05) is 6.54 Å². The molecule has 0 radical (unpaired) electrons. The van der Waals surface area contributed by atoms with Crippen molar-refractivity contribution in [2.45, 2.75) is 17.9 Å². The molecular formula is C16H15BrClFN2O3S. The van der Waals surface area contributed by atoms with Gasteiger partial charge in [0.05, 0.1) is 4.90 Å². The summed E-state index contributed by atoms with van der Waals surface area (Å²) in [5, 5.41) is 2.91. The molecule has 5 nitrogen and oxygen atoms in total. The highest BCUT2D eigenvalue weighted by atomic mass is 79.9. The maximum atomic E-state index is 13.2. The number of amides is 1. The molecule has 2 N–H and O–H groups in total. The van der Waals surface area contributed by atoms with Crippen molar-refractivity contribution in [3.8, 4) is 0 Å². The molecule has 0 aliphatic heterocycles. The van der Waals surface area contributed by atoms with Gasteiger partial charge in [-0.25, -0.2) is 17.5 Å². The average Bonchev–Trinajstić information content (AvgIpc) is 2.52. The number of hydrogen-bond acceptors (Lipinski definition) is 3. The lowest BCUT2D eigenvalue weighted by molar-refractivity contribution is -0.121. The minimum Gasteiger partial charge on any atom is -0.352 e. The summed E-state index contributed by atoms with van der Waals surface area (Å²) in [4.78, 5) is 11.8. The Labute approximate surface area is 158 Å². The van der Waals surface area contributed by atoms with Crippen LogP contribution in [0, 0.1) is 5.82 Å². The van der Waals surface area contributed by atoms with Crippen LogP contribution in [-0.2, 0) is 21.4 Å². The molecule has 2 aromatic carbocycles. The van der Waals surface area contributed by atoms with Crippen LogP contribution in [0.15, 0.2) is 51.8 Å². The van der Waals surface area contributed by atoms with Crippen LogP contribution in [0.2, 0.25) is 5.02 Å².